The number of aryl methyl sites for hydroxylation is 1. The van der Waals surface area contributed by atoms with Gasteiger partial charge in [-0.3, -0.25) is 5.10 Å². The van der Waals surface area contributed by atoms with Gasteiger partial charge in [-0.05, 0) is 31.0 Å². The third-order valence-electron chi connectivity index (χ3n) is 2.32. The number of aromatic amines is 1. The minimum atomic E-state index is 0.755. The second-order valence-corrected chi connectivity index (χ2v) is 4.37. The molecule has 0 saturated heterocycles. The Kier molecular flexibility index (Phi) is 4.32. The van der Waals surface area contributed by atoms with E-state index in [1.807, 2.05) is 0 Å². The van der Waals surface area contributed by atoms with Crippen LogP contribution in [0.3, 0.4) is 0 Å². The maximum Gasteiger partial charge on any atom is 0.195 e. The molecule has 0 fully saturated rings. The van der Waals surface area contributed by atoms with E-state index in [9.17, 15) is 0 Å². The first-order chi connectivity index (χ1) is 6.65. The van der Waals surface area contributed by atoms with E-state index in [2.05, 4.69) is 35.5 Å². The minimum absolute atomic E-state index is 0.755. The van der Waals surface area contributed by atoms with Gasteiger partial charge in [0, 0.05) is 13.0 Å². The minimum Gasteiger partial charge on any atom is -0.304 e. The first-order valence-electron chi connectivity index (χ1n) is 5.29. The molecule has 14 heavy (non-hydrogen) atoms. The van der Waals surface area contributed by atoms with Crippen LogP contribution in [-0.4, -0.2) is 14.8 Å². The zero-order valence-corrected chi connectivity index (χ0v) is 10.0. The number of nitrogens with zero attached hydrogens (tertiary/aromatic N) is 2. The van der Waals surface area contributed by atoms with Gasteiger partial charge in [0.2, 0.25) is 0 Å². The Labute approximate surface area is 90.5 Å². The monoisotopic (exact) mass is 213 g/mol. The van der Waals surface area contributed by atoms with Crippen molar-refractivity contribution in [3.63, 3.8) is 0 Å². The molecule has 3 nitrogen and oxygen atoms in total. The van der Waals surface area contributed by atoms with E-state index >= 15 is 0 Å². The third kappa shape index (κ3) is 2.94. The molecule has 0 saturated carbocycles. The standard InChI is InChI=1S/C10H19N3S/c1-4-9-11-12-10(14)13(9)7-5-6-8(2)3/h8H,4-7H2,1-3H3,(H,12,14). The van der Waals surface area contributed by atoms with Crippen molar-refractivity contribution in [3.05, 3.63) is 10.6 Å². The van der Waals surface area contributed by atoms with E-state index in [0.717, 1.165) is 29.5 Å². The van der Waals surface area contributed by atoms with E-state index in [0.29, 0.717) is 0 Å². The van der Waals surface area contributed by atoms with Crippen molar-refractivity contribution in [3.8, 4) is 0 Å². The third-order valence-corrected chi connectivity index (χ3v) is 2.63. The number of H-pyrrole nitrogens is 1. The summed E-state index contributed by atoms with van der Waals surface area (Å²) in [6.45, 7) is 7.59. The van der Waals surface area contributed by atoms with Gasteiger partial charge in [-0.1, -0.05) is 20.8 Å². The quantitative estimate of drug-likeness (QED) is 0.763. The molecule has 1 rings (SSSR count). The van der Waals surface area contributed by atoms with E-state index < -0.39 is 0 Å². The highest BCUT2D eigenvalue weighted by molar-refractivity contribution is 7.71. The van der Waals surface area contributed by atoms with Crippen molar-refractivity contribution < 1.29 is 0 Å². The summed E-state index contributed by atoms with van der Waals surface area (Å²) in [5.74, 6) is 1.83. The molecule has 0 radical (unpaired) electrons. The zero-order valence-electron chi connectivity index (χ0n) is 9.21. The number of hydrogen-bond acceptors (Lipinski definition) is 2. The van der Waals surface area contributed by atoms with Crippen molar-refractivity contribution in [2.75, 3.05) is 0 Å². The highest BCUT2D eigenvalue weighted by Gasteiger charge is 2.03. The Morgan fingerprint density at radius 1 is 1.50 bits per heavy atom. The highest BCUT2D eigenvalue weighted by atomic mass is 32.1. The molecule has 0 aliphatic heterocycles. The molecule has 1 aromatic rings. The summed E-state index contributed by atoms with van der Waals surface area (Å²) in [5, 5.41) is 7.02. The van der Waals surface area contributed by atoms with Gasteiger partial charge in [0.05, 0.1) is 0 Å². The maximum atomic E-state index is 5.16. The summed E-state index contributed by atoms with van der Waals surface area (Å²) >= 11 is 5.16. The van der Waals surface area contributed by atoms with Crippen LogP contribution >= 0.6 is 12.2 Å². The topological polar surface area (TPSA) is 33.6 Å². The average Bonchev–Trinajstić information content (AvgIpc) is 2.47. The molecule has 4 heteroatoms. The average molecular weight is 213 g/mol. The second kappa shape index (κ2) is 5.29. The van der Waals surface area contributed by atoms with Gasteiger partial charge in [-0.2, -0.15) is 5.10 Å². The molecule has 0 bridgehead atoms. The molecule has 0 amide bonds. The van der Waals surface area contributed by atoms with Crippen LogP contribution in [0.1, 0.15) is 39.4 Å². The van der Waals surface area contributed by atoms with Crippen LogP contribution in [-0.2, 0) is 13.0 Å². The van der Waals surface area contributed by atoms with E-state index in [1.54, 1.807) is 0 Å². The number of hydrogen-bond donors (Lipinski definition) is 1. The molecule has 1 aromatic heterocycles. The zero-order chi connectivity index (χ0) is 10.6. The Bertz CT molecular complexity index is 324. The van der Waals surface area contributed by atoms with Crippen molar-refractivity contribution in [1.29, 1.82) is 0 Å². The van der Waals surface area contributed by atoms with Crippen LogP contribution in [0, 0.1) is 10.7 Å². The lowest BCUT2D eigenvalue weighted by atomic mass is 10.1. The molecular weight excluding hydrogens is 194 g/mol. The van der Waals surface area contributed by atoms with Crippen molar-refractivity contribution in [2.24, 2.45) is 5.92 Å². The molecule has 0 aliphatic rings. The molecule has 1 N–H and O–H groups in total. The van der Waals surface area contributed by atoms with Gasteiger partial charge in [-0.15, -0.1) is 0 Å². The molecule has 1 heterocycles. The summed E-state index contributed by atoms with van der Waals surface area (Å²) in [5.41, 5.74) is 0. The Morgan fingerprint density at radius 2 is 2.21 bits per heavy atom. The Hall–Kier alpha value is -0.640. The van der Waals surface area contributed by atoms with Gasteiger partial charge < -0.3 is 4.57 Å². The van der Waals surface area contributed by atoms with E-state index in [-0.39, 0.29) is 0 Å². The number of aromatic nitrogens is 3. The molecule has 0 spiro atoms. The van der Waals surface area contributed by atoms with Crippen molar-refractivity contribution in [1.82, 2.24) is 14.8 Å². The van der Waals surface area contributed by atoms with Crippen LogP contribution in [0.5, 0.6) is 0 Å². The lowest BCUT2D eigenvalue weighted by Gasteiger charge is -2.06. The van der Waals surface area contributed by atoms with Crippen LogP contribution in [0.4, 0.5) is 0 Å². The van der Waals surface area contributed by atoms with Crippen LogP contribution in [0.15, 0.2) is 0 Å². The predicted molar refractivity (Wildman–Crippen MR) is 60.9 cm³/mol. The van der Waals surface area contributed by atoms with Crippen LogP contribution in [0.2, 0.25) is 0 Å². The molecule has 0 unspecified atom stereocenters. The van der Waals surface area contributed by atoms with Gasteiger partial charge in [0.15, 0.2) is 4.77 Å². The summed E-state index contributed by atoms with van der Waals surface area (Å²) in [4.78, 5) is 0. The van der Waals surface area contributed by atoms with Gasteiger partial charge >= 0.3 is 0 Å². The fraction of sp³-hybridized carbons (Fsp3) is 0.800. The van der Waals surface area contributed by atoms with Gasteiger partial charge in [-0.25, -0.2) is 0 Å². The molecule has 80 valence electrons. The first-order valence-corrected chi connectivity index (χ1v) is 5.70. The first kappa shape index (κ1) is 11.4. The summed E-state index contributed by atoms with van der Waals surface area (Å²) < 4.78 is 2.86. The predicted octanol–water partition coefficient (Wildman–Crippen LogP) is 2.94. The Balaban J connectivity index is 2.57. The Morgan fingerprint density at radius 3 is 2.79 bits per heavy atom. The van der Waals surface area contributed by atoms with Gasteiger partial charge in [0.1, 0.15) is 5.82 Å². The molecule has 0 aliphatic carbocycles. The van der Waals surface area contributed by atoms with Crippen molar-refractivity contribution in [2.45, 2.75) is 46.6 Å². The van der Waals surface area contributed by atoms with E-state index in [4.69, 9.17) is 12.2 Å². The molecule has 0 atom stereocenters. The lowest BCUT2D eigenvalue weighted by Crippen LogP contribution is -2.04. The number of rotatable bonds is 5. The fourth-order valence-electron chi connectivity index (χ4n) is 1.51. The summed E-state index contributed by atoms with van der Waals surface area (Å²) in [6, 6.07) is 0. The highest BCUT2D eigenvalue weighted by Crippen LogP contribution is 2.07. The number of nitrogens with one attached hydrogen (secondary N) is 1. The van der Waals surface area contributed by atoms with Crippen LogP contribution in [0.25, 0.3) is 0 Å². The van der Waals surface area contributed by atoms with Crippen LogP contribution < -0.4 is 0 Å². The fourth-order valence-corrected chi connectivity index (χ4v) is 1.75. The SMILES string of the molecule is CCc1n[nH]c(=S)n1CCCC(C)C. The summed E-state index contributed by atoms with van der Waals surface area (Å²) in [6.07, 6.45) is 3.36. The molecular formula is C10H19N3S. The largest absolute Gasteiger partial charge is 0.304 e. The smallest absolute Gasteiger partial charge is 0.195 e. The maximum absolute atomic E-state index is 5.16. The summed E-state index contributed by atoms with van der Waals surface area (Å²) in [7, 11) is 0. The van der Waals surface area contributed by atoms with Crippen molar-refractivity contribution >= 4 is 12.2 Å². The van der Waals surface area contributed by atoms with Gasteiger partial charge in [0.25, 0.3) is 0 Å². The lowest BCUT2D eigenvalue weighted by molar-refractivity contribution is 0.502. The normalized spacial score (nSPS) is 11.1. The molecule has 0 aromatic carbocycles. The second-order valence-electron chi connectivity index (χ2n) is 3.99. The van der Waals surface area contributed by atoms with E-state index in [1.165, 1.54) is 12.8 Å².